The topological polar surface area (TPSA) is 49.3 Å². The molecule has 0 aliphatic carbocycles. The summed E-state index contributed by atoms with van der Waals surface area (Å²) >= 11 is 1.41. The fraction of sp³-hybridized carbons (Fsp3) is 0.800. The number of carbonyl (C=O) groups is 1. The first-order valence-corrected chi connectivity index (χ1v) is 3.77. The first-order chi connectivity index (χ1) is 4.18. The molecule has 0 radical (unpaired) electrons. The van der Waals surface area contributed by atoms with Crippen molar-refractivity contribution >= 4 is 17.9 Å². The van der Waals surface area contributed by atoms with E-state index in [9.17, 15) is 4.79 Å². The Balaban J connectivity index is 3.27. The third-order valence-electron chi connectivity index (χ3n) is 0.775. The van der Waals surface area contributed by atoms with Crippen LogP contribution in [0.3, 0.4) is 0 Å². The van der Waals surface area contributed by atoms with Gasteiger partial charge >= 0.3 is 5.97 Å². The van der Waals surface area contributed by atoms with E-state index in [1.165, 1.54) is 11.9 Å². The molecule has 2 N–H and O–H groups in total. The molecular formula is C5H11NO2S. The van der Waals surface area contributed by atoms with Gasteiger partial charge in [-0.05, 0) is 6.92 Å². The Morgan fingerprint density at radius 3 is 2.78 bits per heavy atom. The van der Waals surface area contributed by atoms with Crippen LogP contribution in [0.2, 0.25) is 0 Å². The molecule has 3 nitrogen and oxygen atoms in total. The van der Waals surface area contributed by atoms with Gasteiger partial charge in [-0.3, -0.25) is 9.52 Å². The van der Waals surface area contributed by atoms with Crippen molar-refractivity contribution in [3.63, 3.8) is 0 Å². The first kappa shape index (κ1) is 8.78. The molecule has 0 saturated heterocycles. The fourth-order valence-corrected chi connectivity index (χ4v) is 0.776. The maximum absolute atomic E-state index is 10.1. The van der Waals surface area contributed by atoms with E-state index in [1.54, 1.807) is 6.92 Å². The highest BCUT2D eigenvalue weighted by Gasteiger charge is 2.07. The summed E-state index contributed by atoms with van der Waals surface area (Å²) < 4.78 is 2.75. The smallest absolute Gasteiger partial charge is 0.321 e. The monoisotopic (exact) mass is 149 g/mol. The molecule has 0 aliphatic rings. The first-order valence-electron chi connectivity index (χ1n) is 2.78. The molecule has 0 rings (SSSR count). The highest BCUT2D eigenvalue weighted by molar-refractivity contribution is 7.97. The SMILES string of the molecule is CCSNC(C)C(=O)O. The zero-order valence-electron chi connectivity index (χ0n) is 5.55. The molecule has 0 heterocycles. The summed E-state index contributed by atoms with van der Waals surface area (Å²) in [7, 11) is 0. The number of aliphatic carboxylic acids is 1. The van der Waals surface area contributed by atoms with Crippen molar-refractivity contribution in [2.75, 3.05) is 5.75 Å². The number of hydrogen-bond donors (Lipinski definition) is 2. The lowest BCUT2D eigenvalue weighted by atomic mass is 10.4. The van der Waals surface area contributed by atoms with Crippen LogP contribution in [0.1, 0.15) is 13.8 Å². The highest BCUT2D eigenvalue weighted by Crippen LogP contribution is 1.93. The normalized spacial score (nSPS) is 13.1. The van der Waals surface area contributed by atoms with Crippen LogP contribution < -0.4 is 4.72 Å². The van der Waals surface area contributed by atoms with E-state index in [0.717, 1.165) is 5.75 Å². The third-order valence-corrected chi connectivity index (χ3v) is 1.58. The quantitative estimate of drug-likeness (QED) is 0.578. The third kappa shape index (κ3) is 4.29. The summed E-state index contributed by atoms with van der Waals surface area (Å²) in [5.74, 6) is 0.0772. The molecule has 1 unspecified atom stereocenters. The molecule has 0 spiro atoms. The van der Waals surface area contributed by atoms with Crippen LogP contribution in [0.4, 0.5) is 0 Å². The second-order valence-electron chi connectivity index (χ2n) is 1.61. The van der Waals surface area contributed by atoms with Crippen molar-refractivity contribution in [3.8, 4) is 0 Å². The largest absolute Gasteiger partial charge is 0.480 e. The summed E-state index contributed by atoms with van der Waals surface area (Å²) in [5.41, 5.74) is 0. The molecule has 54 valence electrons. The Morgan fingerprint density at radius 1 is 1.89 bits per heavy atom. The molecule has 1 atom stereocenters. The predicted octanol–water partition coefficient (Wildman–Crippen LogP) is 0.717. The van der Waals surface area contributed by atoms with Gasteiger partial charge in [-0.2, -0.15) is 0 Å². The van der Waals surface area contributed by atoms with Crippen LogP contribution >= 0.6 is 11.9 Å². The predicted molar refractivity (Wildman–Crippen MR) is 38.4 cm³/mol. The van der Waals surface area contributed by atoms with Gasteiger partial charge in [-0.25, -0.2) is 0 Å². The molecular weight excluding hydrogens is 138 g/mol. The number of carboxylic acid groups (broad SMARTS) is 1. The van der Waals surface area contributed by atoms with Crippen molar-refractivity contribution < 1.29 is 9.90 Å². The van der Waals surface area contributed by atoms with Gasteiger partial charge in [0.1, 0.15) is 6.04 Å². The minimum atomic E-state index is -0.809. The Hall–Kier alpha value is -0.220. The standard InChI is InChI=1S/C5H11NO2S/c1-3-9-6-4(2)5(7)8/h4,6H,3H2,1-2H3,(H,7,8). The fourth-order valence-electron chi connectivity index (χ4n) is 0.259. The van der Waals surface area contributed by atoms with E-state index in [2.05, 4.69) is 4.72 Å². The van der Waals surface area contributed by atoms with Crippen LogP contribution in [-0.2, 0) is 4.79 Å². The van der Waals surface area contributed by atoms with Crippen molar-refractivity contribution in [2.24, 2.45) is 0 Å². The van der Waals surface area contributed by atoms with Crippen molar-refractivity contribution in [2.45, 2.75) is 19.9 Å². The molecule has 0 aromatic rings. The lowest BCUT2D eigenvalue weighted by Crippen LogP contribution is -2.28. The van der Waals surface area contributed by atoms with Crippen molar-refractivity contribution in [1.82, 2.24) is 4.72 Å². The van der Waals surface area contributed by atoms with E-state index < -0.39 is 12.0 Å². The minimum Gasteiger partial charge on any atom is -0.480 e. The summed E-state index contributed by atoms with van der Waals surface area (Å²) in [6, 6.07) is -0.449. The second-order valence-corrected chi connectivity index (χ2v) is 2.71. The van der Waals surface area contributed by atoms with E-state index in [-0.39, 0.29) is 0 Å². The minimum absolute atomic E-state index is 0.449. The van der Waals surface area contributed by atoms with E-state index in [4.69, 9.17) is 5.11 Å². The second kappa shape index (κ2) is 4.64. The molecule has 0 aromatic heterocycles. The molecule has 0 amide bonds. The lowest BCUT2D eigenvalue weighted by molar-refractivity contribution is -0.138. The Kier molecular flexibility index (Phi) is 4.53. The van der Waals surface area contributed by atoms with E-state index >= 15 is 0 Å². The van der Waals surface area contributed by atoms with Gasteiger partial charge in [0.2, 0.25) is 0 Å². The highest BCUT2D eigenvalue weighted by atomic mass is 32.2. The number of nitrogens with one attached hydrogen (secondary N) is 1. The lowest BCUT2D eigenvalue weighted by Gasteiger charge is -2.04. The van der Waals surface area contributed by atoms with Gasteiger partial charge in [0.15, 0.2) is 0 Å². The summed E-state index contributed by atoms with van der Waals surface area (Å²) in [6.45, 7) is 3.58. The van der Waals surface area contributed by atoms with Gasteiger partial charge in [0.25, 0.3) is 0 Å². The number of hydrogen-bond acceptors (Lipinski definition) is 3. The van der Waals surface area contributed by atoms with E-state index in [0.29, 0.717) is 0 Å². The molecule has 0 bridgehead atoms. The molecule has 0 aromatic carbocycles. The summed E-state index contributed by atoms with van der Waals surface area (Å²) in [4.78, 5) is 10.1. The van der Waals surface area contributed by atoms with E-state index in [1.807, 2.05) is 6.92 Å². The average Bonchev–Trinajstić information content (AvgIpc) is 1.82. The zero-order chi connectivity index (χ0) is 7.28. The Morgan fingerprint density at radius 2 is 2.44 bits per heavy atom. The maximum atomic E-state index is 10.1. The van der Waals surface area contributed by atoms with Crippen LogP contribution in [0.25, 0.3) is 0 Å². The Labute approximate surface area is 59.0 Å². The van der Waals surface area contributed by atoms with Gasteiger partial charge in [-0.15, -0.1) is 0 Å². The number of rotatable bonds is 4. The summed E-state index contributed by atoms with van der Waals surface area (Å²) in [5, 5.41) is 8.33. The van der Waals surface area contributed by atoms with Gasteiger partial charge in [0, 0.05) is 5.75 Å². The van der Waals surface area contributed by atoms with Crippen LogP contribution in [0.5, 0.6) is 0 Å². The van der Waals surface area contributed by atoms with Gasteiger partial charge in [0.05, 0.1) is 0 Å². The van der Waals surface area contributed by atoms with Crippen molar-refractivity contribution in [1.29, 1.82) is 0 Å². The molecule has 0 aliphatic heterocycles. The molecule has 0 fully saturated rings. The average molecular weight is 149 g/mol. The Bertz CT molecular complexity index is 97.0. The van der Waals surface area contributed by atoms with Gasteiger partial charge in [-0.1, -0.05) is 18.9 Å². The summed E-state index contributed by atoms with van der Waals surface area (Å²) in [6.07, 6.45) is 0. The maximum Gasteiger partial charge on any atom is 0.321 e. The molecule has 9 heavy (non-hydrogen) atoms. The van der Waals surface area contributed by atoms with Gasteiger partial charge < -0.3 is 5.11 Å². The molecule has 4 heteroatoms. The van der Waals surface area contributed by atoms with Crippen LogP contribution in [-0.4, -0.2) is 22.9 Å². The molecule has 0 saturated carbocycles. The van der Waals surface area contributed by atoms with Crippen molar-refractivity contribution in [3.05, 3.63) is 0 Å². The zero-order valence-corrected chi connectivity index (χ0v) is 6.36. The van der Waals surface area contributed by atoms with Crippen LogP contribution in [0, 0.1) is 0 Å². The number of carboxylic acids is 1. The van der Waals surface area contributed by atoms with Crippen LogP contribution in [0.15, 0.2) is 0 Å².